The van der Waals surface area contributed by atoms with E-state index in [0.29, 0.717) is 27.6 Å². The van der Waals surface area contributed by atoms with E-state index in [1.54, 1.807) is 0 Å². The Morgan fingerprint density at radius 1 is 0.559 bits per heavy atom. The molecule has 0 N–H and O–H groups in total. The van der Waals surface area contributed by atoms with Crippen molar-refractivity contribution in [3.8, 4) is 0 Å². The molecule has 0 saturated carbocycles. The van der Waals surface area contributed by atoms with Gasteiger partial charge in [-0.15, -0.1) is 0 Å². The second-order valence-electron chi connectivity index (χ2n) is 9.29. The van der Waals surface area contributed by atoms with Gasteiger partial charge in [-0.3, -0.25) is 0 Å². The lowest BCUT2D eigenvalue weighted by atomic mass is 9.92. The van der Waals surface area contributed by atoms with E-state index in [1.807, 2.05) is 18.2 Å². The Hall–Kier alpha value is -2.94. The van der Waals surface area contributed by atoms with Crippen molar-refractivity contribution >= 4 is 56.8 Å². The van der Waals surface area contributed by atoms with Crippen LogP contribution in [0.1, 0.15) is 61.8 Å². The summed E-state index contributed by atoms with van der Waals surface area (Å²) in [7, 11) is 0. The van der Waals surface area contributed by atoms with E-state index in [9.17, 15) is 0 Å². The number of hydrogen-bond acceptors (Lipinski definition) is 2. The Morgan fingerprint density at radius 3 is 1.50 bits per heavy atom. The first-order chi connectivity index (χ1) is 16.4. The number of halogens is 2. The lowest BCUT2D eigenvalue weighted by molar-refractivity contribution is 0.835. The summed E-state index contributed by atoms with van der Waals surface area (Å²) in [6, 6.07) is 24.6. The zero-order chi connectivity index (χ0) is 24.0. The predicted octanol–water partition coefficient (Wildman–Crippen LogP) is 9.65. The van der Waals surface area contributed by atoms with Gasteiger partial charge in [0.15, 0.2) is 0 Å². The van der Waals surface area contributed by atoms with E-state index in [-0.39, 0.29) is 0 Å². The predicted molar refractivity (Wildman–Crippen MR) is 147 cm³/mol. The first-order valence-corrected chi connectivity index (χ1v) is 12.4. The second kappa shape index (κ2) is 9.02. The minimum Gasteiger partial charge on any atom is -0.245 e. The van der Waals surface area contributed by atoms with Crippen LogP contribution in [0.3, 0.4) is 0 Å². The van der Waals surface area contributed by atoms with Crippen LogP contribution in [0.15, 0.2) is 82.8 Å². The highest BCUT2D eigenvalue weighted by molar-refractivity contribution is 6.61. The van der Waals surface area contributed by atoms with Crippen molar-refractivity contribution in [2.45, 2.75) is 39.5 Å². The summed E-state index contributed by atoms with van der Waals surface area (Å²) in [5, 5.41) is 3.37. The highest BCUT2D eigenvalue weighted by Crippen LogP contribution is 2.40. The molecule has 0 spiro atoms. The molecular weight excluding hydrogens is 459 g/mol. The summed E-state index contributed by atoms with van der Waals surface area (Å²) in [4.78, 5) is 10.4. The summed E-state index contributed by atoms with van der Waals surface area (Å²) in [5.74, 6) is 0.687. The van der Waals surface area contributed by atoms with E-state index >= 15 is 0 Å². The van der Waals surface area contributed by atoms with Crippen molar-refractivity contribution < 1.29 is 0 Å². The largest absolute Gasteiger partial charge is 0.245 e. The van der Waals surface area contributed by atoms with Gasteiger partial charge in [0.25, 0.3) is 0 Å². The molecule has 5 rings (SSSR count). The Morgan fingerprint density at radius 2 is 1.00 bits per heavy atom. The molecule has 0 fully saturated rings. The zero-order valence-corrected chi connectivity index (χ0v) is 21.2. The number of para-hydroxylation sites is 2. The zero-order valence-electron chi connectivity index (χ0n) is 19.7. The minimum atomic E-state index is 0.344. The van der Waals surface area contributed by atoms with E-state index in [0.717, 1.165) is 28.2 Å². The van der Waals surface area contributed by atoms with Crippen molar-refractivity contribution in [3.63, 3.8) is 0 Å². The Kier molecular flexibility index (Phi) is 6.06. The molecule has 0 bridgehead atoms. The molecule has 2 nitrogen and oxygen atoms in total. The van der Waals surface area contributed by atoms with Gasteiger partial charge in [0.1, 0.15) is 5.69 Å². The van der Waals surface area contributed by atoms with E-state index < -0.39 is 0 Å². The van der Waals surface area contributed by atoms with Crippen LogP contribution in [0, 0.1) is 0 Å². The molecule has 0 aromatic heterocycles. The molecule has 0 atom stereocenters. The maximum Gasteiger partial charge on any atom is 0.101 e. The van der Waals surface area contributed by atoms with Gasteiger partial charge in [-0.05, 0) is 40.5 Å². The van der Waals surface area contributed by atoms with E-state index in [2.05, 4.69) is 82.3 Å². The third kappa shape index (κ3) is 3.85. The molecule has 4 heteroatoms. The van der Waals surface area contributed by atoms with Gasteiger partial charge in [-0.1, -0.05) is 112 Å². The van der Waals surface area contributed by atoms with Crippen LogP contribution in [0.25, 0.3) is 10.8 Å². The van der Waals surface area contributed by atoms with Crippen LogP contribution in [0.5, 0.6) is 0 Å². The third-order valence-corrected chi connectivity index (χ3v) is 6.98. The van der Waals surface area contributed by atoms with Gasteiger partial charge in [0.2, 0.25) is 0 Å². The summed E-state index contributed by atoms with van der Waals surface area (Å²) in [6.45, 7) is 8.86. The molecule has 4 aromatic carbocycles. The molecular formula is C30H26Cl2N2. The molecule has 0 aliphatic heterocycles. The highest BCUT2D eigenvalue weighted by atomic mass is 35.5. The van der Waals surface area contributed by atoms with Gasteiger partial charge in [0.05, 0.1) is 27.2 Å². The Balaban J connectivity index is 1.86. The quantitative estimate of drug-likeness (QED) is 0.275. The van der Waals surface area contributed by atoms with Crippen LogP contribution in [0.4, 0.5) is 11.4 Å². The summed E-state index contributed by atoms with van der Waals surface area (Å²) < 4.78 is 0. The van der Waals surface area contributed by atoms with Gasteiger partial charge < -0.3 is 0 Å². The van der Waals surface area contributed by atoms with Crippen molar-refractivity contribution in [3.05, 3.63) is 105 Å². The summed E-state index contributed by atoms with van der Waals surface area (Å²) >= 11 is 13.1. The lowest BCUT2D eigenvalue weighted by Gasteiger charge is -2.17. The van der Waals surface area contributed by atoms with E-state index in [4.69, 9.17) is 33.2 Å². The molecule has 170 valence electrons. The van der Waals surface area contributed by atoms with Crippen molar-refractivity contribution in [2.24, 2.45) is 9.98 Å². The van der Waals surface area contributed by atoms with Crippen molar-refractivity contribution in [1.29, 1.82) is 0 Å². The first-order valence-electron chi connectivity index (χ1n) is 11.6. The van der Waals surface area contributed by atoms with Gasteiger partial charge in [0, 0.05) is 16.5 Å². The fraction of sp³-hybridized carbons (Fsp3) is 0.200. The lowest BCUT2D eigenvalue weighted by Crippen LogP contribution is -2.11. The van der Waals surface area contributed by atoms with Gasteiger partial charge >= 0.3 is 0 Å². The number of aliphatic imine (C=N–C) groups is 2. The molecule has 1 aliphatic rings. The Labute approximate surface area is 211 Å². The SMILES string of the molecule is CC(C)c1cccc(C(C)C)c1/N=C1/C(=N/c2c(Cl)cccc2Cl)c2cccc3cccc1c23. The first kappa shape index (κ1) is 22.8. The molecule has 1 aliphatic carbocycles. The van der Waals surface area contributed by atoms with E-state index in [1.165, 1.54) is 21.9 Å². The van der Waals surface area contributed by atoms with Crippen LogP contribution < -0.4 is 0 Å². The standard InChI is InChI=1S/C30H26Cl2N2/c1-17(2)20-11-7-12-21(18(3)4)27(20)33-28-22-13-5-9-19-10-6-14-23(26(19)22)29(28)34-30-24(31)15-8-16-25(30)32/h5-18H,1-4H3/b33-28+,34-29+. The fourth-order valence-corrected chi connectivity index (χ4v) is 5.16. The van der Waals surface area contributed by atoms with Gasteiger partial charge in [-0.25, -0.2) is 9.98 Å². The summed E-state index contributed by atoms with van der Waals surface area (Å²) in [6.07, 6.45) is 0. The third-order valence-electron chi connectivity index (χ3n) is 6.37. The van der Waals surface area contributed by atoms with Crippen LogP contribution >= 0.6 is 23.2 Å². The minimum absolute atomic E-state index is 0.344. The van der Waals surface area contributed by atoms with Gasteiger partial charge in [-0.2, -0.15) is 0 Å². The molecule has 0 amide bonds. The maximum atomic E-state index is 6.53. The summed E-state index contributed by atoms with van der Waals surface area (Å²) in [5.41, 5.74) is 7.87. The fourth-order valence-electron chi connectivity index (χ4n) is 4.68. The molecule has 0 heterocycles. The molecule has 0 radical (unpaired) electrons. The smallest absolute Gasteiger partial charge is 0.101 e. The monoisotopic (exact) mass is 484 g/mol. The van der Waals surface area contributed by atoms with Crippen LogP contribution in [0.2, 0.25) is 10.0 Å². The average molecular weight is 485 g/mol. The average Bonchev–Trinajstić information content (AvgIpc) is 3.10. The Bertz CT molecular complexity index is 1430. The van der Waals surface area contributed by atoms with Crippen molar-refractivity contribution in [2.75, 3.05) is 0 Å². The van der Waals surface area contributed by atoms with Crippen LogP contribution in [-0.4, -0.2) is 11.4 Å². The van der Waals surface area contributed by atoms with Crippen LogP contribution in [-0.2, 0) is 0 Å². The number of benzene rings is 4. The molecule has 0 unspecified atom stereocenters. The molecule has 0 saturated heterocycles. The normalized spacial score (nSPS) is 15.4. The molecule has 34 heavy (non-hydrogen) atoms. The van der Waals surface area contributed by atoms with Crippen molar-refractivity contribution in [1.82, 2.24) is 0 Å². The molecule has 4 aromatic rings. The number of hydrogen-bond donors (Lipinski definition) is 0. The highest BCUT2D eigenvalue weighted by Gasteiger charge is 2.28. The number of rotatable bonds is 4. The topological polar surface area (TPSA) is 24.7 Å². The number of nitrogens with zero attached hydrogens (tertiary/aromatic N) is 2. The second-order valence-corrected chi connectivity index (χ2v) is 10.1. The maximum absolute atomic E-state index is 6.53.